The van der Waals surface area contributed by atoms with Gasteiger partial charge < -0.3 is 35.7 Å². The quantitative estimate of drug-likeness (QED) is 0.247. The number of aliphatic hydroxyl groups excluding tert-OH is 4. The molecule has 2 unspecified atom stereocenters. The predicted octanol–water partition coefficient (Wildman–Crippen LogP) is -3.49. The fourth-order valence-corrected chi connectivity index (χ4v) is 0.156. The molecule has 2 atom stereocenters. The lowest BCUT2D eigenvalue weighted by Gasteiger charge is -1.95. The van der Waals surface area contributed by atoms with Gasteiger partial charge in [-0.05, 0) is 0 Å². The summed E-state index contributed by atoms with van der Waals surface area (Å²) in [5, 5.41) is 55.1. The first kappa shape index (κ1) is 23.0. The van der Waals surface area contributed by atoms with Gasteiger partial charge in [-0.2, -0.15) is 0 Å². The third-order valence-electron chi connectivity index (χ3n) is 1.22. The van der Waals surface area contributed by atoms with E-state index in [1.165, 1.54) is 0 Å². The van der Waals surface area contributed by atoms with Crippen LogP contribution in [0.2, 0.25) is 0 Å². The Morgan fingerprint density at radius 1 is 0.800 bits per heavy atom. The second-order valence-electron chi connectivity index (χ2n) is 2.93. The van der Waals surface area contributed by atoms with Crippen LogP contribution < -0.4 is 0 Å². The Morgan fingerprint density at radius 2 is 1.00 bits per heavy atom. The minimum Gasteiger partial charge on any atom is -0.479 e. The zero-order valence-electron chi connectivity index (χ0n) is 10.3. The van der Waals surface area contributed by atoms with Gasteiger partial charge in [0.1, 0.15) is 0 Å². The summed E-state index contributed by atoms with van der Waals surface area (Å²) < 4.78 is 0. The molecule has 0 aromatic heterocycles. The van der Waals surface area contributed by atoms with Crippen LogP contribution in [0.1, 0.15) is 6.92 Å². The number of carboxylic acid groups (broad SMARTS) is 3. The fraction of sp³-hybridized carbons (Fsp3) is 0.556. The van der Waals surface area contributed by atoms with E-state index in [1.807, 2.05) is 0 Å². The van der Waals surface area contributed by atoms with Gasteiger partial charge in [0.15, 0.2) is 12.2 Å². The van der Waals surface area contributed by atoms with Gasteiger partial charge >= 0.3 is 17.9 Å². The Kier molecular flexibility index (Phi) is 15.4. The van der Waals surface area contributed by atoms with E-state index in [4.69, 9.17) is 35.7 Å². The maximum atomic E-state index is 9.54. The number of carboxylic acids is 3. The summed E-state index contributed by atoms with van der Waals surface area (Å²) in [5.74, 6) is -5.00. The van der Waals surface area contributed by atoms with Crippen LogP contribution in [-0.2, 0) is 19.2 Å². The van der Waals surface area contributed by atoms with Crippen molar-refractivity contribution in [2.45, 2.75) is 19.1 Å². The Balaban J connectivity index is -0.000000218. The molecule has 0 spiro atoms. The zero-order valence-corrected chi connectivity index (χ0v) is 10.3. The van der Waals surface area contributed by atoms with E-state index >= 15 is 0 Å². The standard InChI is InChI=1S/2C3H6O4.C3H4O3/c2*4-1-2(5)3(6)7;1-2(4)3(5)6/h2*2,4-5H,1H2,(H,6,7);1H3,(H,5,6). The number of carbonyl (C=O) groups excluding carboxylic acids is 1. The molecule has 0 amide bonds. The van der Waals surface area contributed by atoms with E-state index in [-0.39, 0.29) is 0 Å². The minimum absolute atomic E-state index is 0.727. The fourth-order valence-electron chi connectivity index (χ4n) is 0.156. The van der Waals surface area contributed by atoms with Crippen LogP contribution in [-0.4, -0.2) is 84.9 Å². The van der Waals surface area contributed by atoms with Gasteiger partial charge in [0.25, 0.3) is 0 Å². The molecule has 0 rings (SSSR count). The number of aliphatic hydroxyl groups is 4. The van der Waals surface area contributed by atoms with Gasteiger partial charge in [0.05, 0.1) is 13.2 Å². The molecule has 0 fully saturated rings. The summed E-state index contributed by atoms with van der Waals surface area (Å²) >= 11 is 0. The topological polar surface area (TPSA) is 210 Å². The summed E-state index contributed by atoms with van der Waals surface area (Å²) in [6, 6.07) is 0. The highest BCUT2D eigenvalue weighted by Crippen LogP contribution is 1.76. The van der Waals surface area contributed by atoms with Gasteiger partial charge in [-0.15, -0.1) is 0 Å². The second kappa shape index (κ2) is 13.4. The zero-order chi connectivity index (χ0) is 16.9. The summed E-state index contributed by atoms with van der Waals surface area (Å²) in [6.07, 6.45) is -3.25. The van der Waals surface area contributed by atoms with Gasteiger partial charge in [-0.25, -0.2) is 14.4 Å². The van der Waals surface area contributed by atoms with E-state index in [0.29, 0.717) is 0 Å². The monoisotopic (exact) mass is 300 g/mol. The van der Waals surface area contributed by atoms with Crippen LogP contribution in [0.3, 0.4) is 0 Å². The summed E-state index contributed by atoms with van der Waals surface area (Å²) in [4.78, 5) is 37.9. The molecule has 0 aliphatic heterocycles. The van der Waals surface area contributed by atoms with Crippen LogP contribution in [0, 0.1) is 0 Å². The number of hydrogen-bond donors (Lipinski definition) is 7. The molecule has 0 heterocycles. The molecule has 118 valence electrons. The van der Waals surface area contributed by atoms with Crippen LogP contribution in [0.4, 0.5) is 0 Å². The van der Waals surface area contributed by atoms with E-state index in [2.05, 4.69) is 0 Å². The highest BCUT2D eigenvalue weighted by molar-refractivity contribution is 6.31. The molecule has 7 N–H and O–H groups in total. The molecule has 0 aromatic carbocycles. The lowest BCUT2D eigenvalue weighted by atomic mass is 10.4. The largest absolute Gasteiger partial charge is 0.479 e. The number of aliphatic carboxylic acids is 3. The third kappa shape index (κ3) is 18.3. The smallest absolute Gasteiger partial charge is 0.371 e. The average Bonchev–Trinajstić information content (AvgIpc) is 2.37. The van der Waals surface area contributed by atoms with Crippen LogP contribution in [0.25, 0.3) is 0 Å². The van der Waals surface area contributed by atoms with E-state index in [9.17, 15) is 19.2 Å². The molecule has 11 nitrogen and oxygen atoms in total. The maximum absolute atomic E-state index is 9.54. The van der Waals surface area contributed by atoms with Crippen molar-refractivity contribution in [1.29, 1.82) is 0 Å². The molecule has 20 heavy (non-hydrogen) atoms. The van der Waals surface area contributed by atoms with Crippen molar-refractivity contribution in [3.63, 3.8) is 0 Å². The highest BCUT2D eigenvalue weighted by atomic mass is 16.4. The Hall–Kier alpha value is -2.08. The third-order valence-corrected chi connectivity index (χ3v) is 1.22. The minimum atomic E-state index is -1.63. The van der Waals surface area contributed by atoms with Crippen molar-refractivity contribution < 1.29 is 54.9 Å². The first-order chi connectivity index (χ1) is 9.00. The summed E-state index contributed by atoms with van der Waals surface area (Å²) in [5.41, 5.74) is 0. The average molecular weight is 300 g/mol. The van der Waals surface area contributed by atoms with E-state index in [0.717, 1.165) is 6.92 Å². The van der Waals surface area contributed by atoms with Crippen LogP contribution >= 0.6 is 0 Å². The number of hydrogen-bond acceptors (Lipinski definition) is 8. The van der Waals surface area contributed by atoms with Crippen molar-refractivity contribution >= 4 is 23.7 Å². The van der Waals surface area contributed by atoms with Gasteiger partial charge in [-0.3, -0.25) is 4.79 Å². The van der Waals surface area contributed by atoms with E-state index in [1.54, 1.807) is 0 Å². The Morgan fingerprint density at radius 3 is 1.00 bits per heavy atom. The molecular formula is C9H16O11. The van der Waals surface area contributed by atoms with Crippen LogP contribution in [0.15, 0.2) is 0 Å². The molecule has 0 aliphatic rings. The SMILES string of the molecule is CC(=O)C(=O)O.O=C(O)C(O)CO.O=C(O)C(O)CO. The summed E-state index contributed by atoms with van der Waals surface area (Å²) in [6.45, 7) is -0.451. The number of ketones is 1. The Bertz CT molecular complexity index is 292. The van der Waals surface area contributed by atoms with Crippen molar-refractivity contribution in [3.05, 3.63) is 0 Å². The van der Waals surface area contributed by atoms with Gasteiger partial charge in [-0.1, -0.05) is 0 Å². The van der Waals surface area contributed by atoms with Gasteiger partial charge in [0.2, 0.25) is 5.78 Å². The van der Waals surface area contributed by atoms with Crippen molar-refractivity contribution in [1.82, 2.24) is 0 Å². The number of rotatable bonds is 5. The van der Waals surface area contributed by atoms with Crippen LogP contribution in [0.5, 0.6) is 0 Å². The first-order valence-electron chi connectivity index (χ1n) is 4.78. The molecule has 0 saturated heterocycles. The predicted molar refractivity (Wildman–Crippen MR) is 59.8 cm³/mol. The highest BCUT2D eigenvalue weighted by Gasteiger charge is 2.09. The molecular weight excluding hydrogens is 284 g/mol. The number of carbonyl (C=O) groups is 4. The van der Waals surface area contributed by atoms with Gasteiger partial charge in [0, 0.05) is 6.92 Å². The lowest BCUT2D eigenvalue weighted by molar-refractivity contribution is -0.149. The molecule has 0 bridgehead atoms. The molecule has 0 saturated carbocycles. The van der Waals surface area contributed by atoms with E-state index < -0.39 is 49.1 Å². The maximum Gasteiger partial charge on any atom is 0.371 e. The Labute approximate surface area is 112 Å². The van der Waals surface area contributed by atoms with Crippen molar-refractivity contribution in [3.8, 4) is 0 Å². The lowest BCUT2D eigenvalue weighted by Crippen LogP contribution is -2.22. The molecule has 0 aromatic rings. The normalized spacial score (nSPS) is 11.7. The molecule has 0 radical (unpaired) electrons. The first-order valence-corrected chi connectivity index (χ1v) is 4.78. The number of Topliss-reactive ketones (excluding diaryl/α,β-unsaturated/α-hetero) is 1. The van der Waals surface area contributed by atoms with Crippen molar-refractivity contribution in [2.24, 2.45) is 0 Å². The molecule has 11 heteroatoms. The summed E-state index contributed by atoms with van der Waals surface area (Å²) in [7, 11) is 0. The van der Waals surface area contributed by atoms with Crippen molar-refractivity contribution in [2.75, 3.05) is 13.2 Å². The molecule has 0 aliphatic carbocycles. The second-order valence-corrected chi connectivity index (χ2v) is 2.93.